The van der Waals surface area contributed by atoms with Crippen molar-refractivity contribution in [2.45, 2.75) is 11.4 Å². The summed E-state index contributed by atoms with van der Waals surface area (Å²) in [7, 11) is -2.29. The van der Waals surface area contributed by atoms with Crippen LogP contribution in [0.3, 0.4) is 0 Å². The number of halogens is 1. The van der Waals surface area contributed by atoms with Crippen molar-refractivity contribution in [1.29, 1.82) is 0 Å². The molecule has 0 radical (unpaired) electrons. The molecule has 1 atom stereocenters. The summed E-state index contributed by atoms with van der Waals surface area (Å²) in [6.45, 7) is 0.165. The predicted octanol–water partition coefficient (Wildman–Crippen LogP) is 3.13. The van der Waals surface area contributed by atoms with Gasteiger partial charge in [0, 0.05) is 45.9 Å². The lowest BCUT2D eigenvalue weighted by Crippen LogP contribution is -2.09. The molecule has 1 heterocycles. The first-order valence-corrected chi connectivity index (χ1v) is 11.0. The molecule has 0 saturated carbocycles. The number of nitrogens with zero attached hydrogens (tertiary/aromatic N) is 2. The maximum absolute atomic E-state index is 11.6. The van der Waals surface area contributed by atoms with Gasteiger partial charge in [-0.25, -0.2) is 14.2 Å². The third-order valence-corrected chi connectivity index (χ3v) is 5.32. The number of hydrogen-bond donors (Lipinski definition) is 3. The maximum Gasteiger partial charge on any atom is 0.228 e. The number of aromatic nitrogens is 2. The normalized spacial score (nSPS) is 13.3. The van der Waals surface area contributed by atoms with Crippen LogP contribution in [0, 0.1) is 0 Å². The van der Waals surface area contributed by atoms with Gasteiger partial charge in [-0.2, -0.15) is 0 Å². The molecule has 0 saturated heterocycles. The summed E-state index contributed by atoms with van der Waals surface area (Å²) in [6.07, 6.45) is 3.96. The van der Waals surface area contributed by atoms with Crippen molar-refractivity contribution in [3.8, 4) is 0 Å². The highest BCUT2D eigenvalue weighted by Crippen LogP contribution is 2.27. The largest absolute Gasteiger partial charge is 0.396 e. The second-order valence-corrected chi connectivity index (χ2v) is 9.23. The standard InChI is InChI=1S/C15H19BrN4O2S2/c1-24(2,22)20-12-6-4-11(5-7-12)18-15-17-10-13(16)14(19-15)23-9-3-8-21/h4-7,10,21H,1,3,8-9H2,2H3,(H,20,22)(H,17,18,19). The molecule has 2 aromatic rings. The van der Waals surface area contributed by atoms with Crippen LogP contribution in [0.5, 0.6) is 0 Å². The zero-order valence-electron chi connectivity index (χ0n) is 13.2. The fraction of sp³-hybridized carbons (Fsp3) is 0.267. The molecule has 0 bridgehead atoms. The Hall–Kier alpha value is -1.29. The minimum Gasteiger partial charge on any atom is -0.396 e. The predicted molar refractivity (Wildman–Crippen MR) is 107 cm³/mol. The van der Waals surface area contributed by atoms with Crippen LogP contribution in [0.1, 0.15) is 6.42 Å². The van der Waals surface area contributed by atoms with Crippen molar-refractivity contribution in [2.24, 2.45) is 0 Å². The first-order chi connectivity index (χ1) is 11.4. The Kier molecular flexibility index (Phi) is 6.90. The molecule has 2 rings (SSSR count). The van der Waals surface area contributed by atoms with Crippen LogP contribution in [-0.4, -0.2) is 43.8 Å². The van der Waals surface area contributed by atoms with Gasteiger partial charge in [-0.3, -0.25) is 0 Å². The summed E-state index contributed by atoms with van der Waals surface area (Å²) in [4.78, 5) is 8.70. The monoisotopic (exact) mass is 430 g/mol. The van der Waals surface area contributed by atoms with Gasteiger partial charge in [0.15, 0.2) is 0 Å². The van der Waals surface area contributed by atoms with Gasteiger partial charge in [-0.15, -0.1) is 11.8 Å². The molecule has 1 aromatic heterocycles. The van der Waals surface area contributed by atoms with E-state index in [-0.39, 0.29) is 6.61 Å². The third kappa shape index (κ3) is 6.31. The smallest absolute Gasteiger partial charge is 0.228 e. The first-order valence-electron chi connectivity index (χ1n) is 7.10. The van der Waals surface area contributed by atoms with Crippen molar-refractivity contribution < 1.29 is 9.32 Å². The van der Waals surface area contributed by atoms with Crippen LogP contribution >= 0.6 is 27.7 Å². The lowest BCUT2D eigenvalue weighted by Gasteiger charge is -2.10. The van der Waals surface area contributed by atoms with E-state index in [1.807, 2.05) is 24.3 Å². The highest BCUT2D eigenvalue weighted by Gasteiger charge is 2.06. The molecule has 0 fully saturated rings. The SMILES string of the molecule is C=S(C)(=O)Nc1ccc(Nc2ncc(Br)c(SCCCO)n2)cc1. The molecule has 0 spiro atoms. The highest BCUT2D eigenvalue weighted by atomic mass is 79.9. The molecular weight excluding hydrogens is 412 g/mol. The highest BCUT2D eigenvalue weighted by molar-refractivity contribution is 9.10. The average molecular weight is 431 g/mol. The topological polar surface area (TPSA) is 87.1 Å². The van der Waals surface area contributed by atoms with Crippen LogP contribution < -0.4 is 10.0 Å². The van der Waals surface area contributed by atoms with E-state index in [1.54, 1.807) is 24.2 Å². The summed E-state index contributed by atoms with van der Waals surface area (Å²) < 4.78 is 15.3. The second kappa shape index (κ2) is 8.70. The van der Waals surface area contributed by atoms with E-state index in [4.69, 9.17) is 5.11 Å². The van der Waals surface area contributed by atoms with E-state index in [1.165, 1.54) is 0 Å². The number of thioether (sulfide) groups is 1. The van der Waals surface area contributed by atoms with E-state index >= 15 is 0 Å². The third-order valence-electron chi connectivity index (χ3n) is 2.73. The number of benzene rings is 1. The summed E-state index contributed by atoms with van der Waals surface area (Å²) in [5.41, 5.74) is 1.56. The van der Waals surface area contributed by atoms with E-state index in [0.717, 1.165) is 26.6 Å². The van der Waals surface area contributed by atoms with Crippen molar-refractivity contribution in [1.82, 2.24) is 9.97 Å². The summed E-state index contributed by atoms with van der Waals surface area (Å²) in [5.74, 6) is 4.84. The quantitative estimate of drug-likeness (QED) is 0.258. The van der Waals surface area contributed by atoms with Crippen molar-refractivity contribution in [3.05, 3.63) is 34.9 Å². The molecule has 3 N–H and O–H groups in total. The van der Waals surface area contributed by atoms with Crippen molar-refractivity contribution >= 4 is 60.6 Å². The van der Waals surface area contributed by atoms with Gasteiger partial charge in [0.25, 0.3) is 0 Å². The minimum absolute atomic E-state index is 0.165. The Morgan fingerprint density at radius 3 is 2.62 bits per heavy atom. The lowest BCUT2D eigenvalue weighted by atomic mass is 10.3. The van der Waals surface area contributed by atoms with Crippen LogP contribution in [-0.2, 0) is 9.71 Å². The van der Waals surface area contributed by atoms with Crippen LogP contribution in [0.4, 0.5) is 17.3 Å². The Bertz CT molecular complexity index is 783. The Morgan fingerprint density at radius 2 is 2.00 bits per heavy atom. The summed E-state index contributed by atoms with van der Waals surface area (Å²) in [5, 5.41) is 12.8. The Morgan fingerprint density at radius 1 is 1.33 bits per heavy atom. The van der Waals surface area contributed by atoms with Gasteiger partial charge < -0.3 is 15.1 Å². The molecule has 24 heavy (non-hydrogen) atoms. The van der Waals surface area contributed by atoms with Gasteiger partial charge in [0.2, 0.25) is 5.95 Å². The number of hydrogen-bond acceptors (Lipinski definition) is 6. The fourth-order valence-electron chi connectivity index (χ4n) is 1.75. The molecule has 1 aromatic carbocycles. The molecule has 0 amide bonds. The van der Waals surface area contributed by atoms with Crippen molar-refractivity contribution in [3.63, 3.8) is 0 Å². The number of aliphatic hydroxyl groups is 1. The van der Waals surface area contributed by atoms with E-state index in [9.17, 15) is 4.21 Å². The van der Waals surface area contributed by atoms with Gasteiger partial charge in [0.05, 0.1) is 4.47 Å². The minimum atomic E-state index is -2.29. The molecule has 9 heteroatoms. The Balaban J connectivity index is 2.06. The van der Waals surface area contributed by atoms with Gasteiger partial charge >= 0.3 is 0 Å². The maximum atomic E-state index is 11.6. The summed E-state index contributed by atoms with van der Waals surface area (Å²) >= 11 is 4.99. The van der Waals surface area contributed by atoms with Crippen molar-refractivity contribution in [2.75, 3.05) is 28.7 Å². The number of nitrogens with one attached hydrogen (secondary N) is 2. The van der Waals surface area contributed by atoms with Gasteiger partial charge in [-0.1, -0.05) is 0 Å². The number of aliphatic hydroxyl groups excluding tert-OH is 1. The zero-order chi connectivity index (χ0) is 17.6. The van der Waals surface area contributed by atoms with Crippen LogP contribution in [0.15, 0.2) is 40.0 Å². The lowest BCUT2D eigenvalue weighted by molar-refractivity contribution is 0.296. The van der Waals surface area contributed by atoms with E-state index < -0.39 is 9.71 Å². The fourth-order valence-corrected chi connectivity index (χ4v) is 3.72. The average Bonchev–Trinajstić information content (AvgIpc) is 2.51. The molecule has 130 valence electrons. The molecule has 1 unspecified atom stereocenters. The molecule has 6 nitrogen and oxygen atoms in total. The number of anilines is 3. The zero-order valence-corrected chi connectivity index (χ0v) is 16.4. The molecule has 0 aliphatic heterocycles. The van der Waals surface area contributed by atoms with Gasteiger partial charge in [0.1, 0.15) is 5.03 Å². The molecule has 0 aliphatic carbocycles. The number of rotatable bonds is 8. The molecular formula is C15H19BrN4O2S2. The Labute approximate surface area is 154 Å². The van der Waals surface area contributed by atoms with E-state index in [2.05, 4.69) is 41.8 Å². The van der Waals surface area contributed by atoms with Crippen LogP contribution in [0.2, 0.25) is 0 Å². The van der Waals surface area contributed by atoms with Crippen LogP contribution in [0.25, 0.3) is 0 Å². The summed E-state index contributed by atoms with van der Waals surface area (Å²) in [6, 6.07) is 7.31. The van der Waals surface area contributed by atoms with E-state index in [0.29, 0.717) is 12.4 Å². The first kappa shape index (κ1) is 19.0. The van der Waals surface area contributed by atoms with Gasteiger partial charge in [-0.05, 0) is 52.5 Å². The second-order valence-electron chi connectivity index (χ2n) is 5.08. The molecule has 0 aliphatic rings.